The molecule has 3 aromatic carbocycles. The number of nitrogens with one attached hydrogen (secondary N) is 1. The van der Waals surface area contributed by atoms with Crippen LogP contribution in [0, 0.1) is 0 Å². The quantitative estimate of drug-likeness (QED) is 0.537. The Labute approximate surface area is 167 Å². The maximum absolute atomic E-state index is 12.5. The summed E-state index contributed by atoms with van der Waals surface area (Å²) in [7, 11) is 0. The van der Waals surface area contributed by atoms with Crippen molar-refractivity contribution in [2.75, 3.05) is 0 Å². The Morgan fingerprint density at radius 1 is 0.862 bits per heavy atom. The van der Waals surface area contributed by atoms with Crippen molar-refractivity contribution in [1.82, 2.24) is 5.32 Å². The molecule has 0 saturated carbocycles. The topological polar surface area (TPSA) is 68.5 Å². The molecule has 4 aromatic rings. The summed E-state index contributed by atoms with van der Waals surface area (Å²) in [5.74, 6) is 0.336. The molecule has 4 rings (SSSR count). The average molecular weight is 385 g/mol. The van der Waals surface area contributed by atoms with Crippen LogP contribution in [0.4, 0.5) is 0 Å². The van der Waals surface area contributed by atoms with E-state index in [1.165, 1.54) is 6.07 Å². The third-order valence-electron chi connectivity index (χ3n) is 4.55. The van der Waals surface area contributed by atoms with Crippen molar-refractivity contribution < 1.29 is 13.9 Å². The van der Waals surface area contributed by atoms with E-state index in [1.807, 2.05) is 54.6 Å². The number of ether oxygens (including phenoxy) is 1. The molecule has 0 fully saturated rings. The van der Waals surface area contributed by atoms with E-state index in [4.69, 9.17) is 9.15 Å². The molecule has 0 aliphatic carbocycles. The molecule has 0 spiro atoms. The number of amides is 1. The molecule has 1 heterocycles. The van der Waals surface area contributed by atoms with E-state index in [0.29, 0.717) is 24.1 Å². The van der Waals surface area contributed by atoms with Crippen LogP contribution in [-0.4, -0.2) is 5.91 Å². The molecule has 0 aliphatic rings. The SMILES string of the molecule is O=C(NCc1ccccc1COc1ccccc1)c1cc(=O)c2ccccc2o1. The van der Waals surface area contributed by atoms with Gasteiger partial charge < -0.3 is 14.5 Å². The number of hydrogen-bond acceptors (Lipinski definition) is 4. The highest BCUT2D eigenvalue weighted by Gasteiger charge is 2.13. The Kier molecular flexibility index (Phi) is 5.38. The first-order valence-corrected chi connectivity index (χ1v) is 9.26. The average Bonchev–Trinajstić information content (AvgIpc) is 2.77. The van der Waals surface area contributed by atoms with Gasteiger partial charge in [-0.2, -0.15) is 0 Å². The van der Waals surface area contributed by atoms with E-state index in [9.17, 15) is 9.59 Å². The van der Waals surface area contributed by atoms with Crippen LogP contribution in [0.15, 0.2) is 94.1 Å². The maximum Gasteiger partial charge on any atom is 0.287 e. The van der Waals surface area contributed by atoms with E-state index in [-0.39, 0.29) is 11.2 Å². The van der Waals surface area contributed by atoms with E-state index in [0.717, 1.165) is 16.9 Å². The van der Waals surface area contributed by atoms with Crippen molar-refractivity contribution in [3.05, 3.63) is 112 Å². The van der Waals surface area contributed by atoms with Gasteiger partial charge in [0.25, 0.3) is 5.91 Å². The van der Waals surface area contributed by atoms with E-state index < -0.39 is 5.91 Å². The van der Waals surface area contributed by atoms with Gasteiger partial charge in [0.15, 0.2) is 11.2 Å². The monoisotopic (exact) mass is 385 g/mol. The van der Waals surface area contributed by atoms with Crippen LogP contribution in [0.25, 0.3) is 11.0 Å². The van der Waals surface area contributed by atoms with Crippen LogP contribution in [0.1, 0.15) is 21.7 Å². The zero-order chi connectivity index (χ0) is 20.1. The summed E-state index contributed by atoms with van der Waals surface area (Å²) in [4.78, 5) is 24.7. The van der Waals surface area contributed by atoms with E-state index >= 15 is 0 Å². The van der Waals surface area contributed by atoms with Crippen LogP contribution < -0.4 is 15.5 Å². The highest BCUT2D eigenvalue weighted by Crippen LogP contribution is 2.15. The molecule has 0 saturated heterocycles. The van der Waals surface area contributed by atoms with Crippen molar-refractivity contribution in [2.45, 2.75) is 13.2 Å². The van der Waals surface area contributed by atoms with Crippen molar-refractivity contribution in [3.63, 3.8) is 0 Å². The summed E-state index contributed by atoms with van der Waals surface area (Å²) >= 11 is 0. The summed E-state index contributed by atoms with van der Waals surface area (Å²) < 4.78 is 11.4. The van der Waals surface area contributed by atoms with Gasteiger partial charge >= 0.3 is 0 Å². The lowest BCUT2D eigenvalue weighted by molar-refractivity contribution is 0.0923. The molecule has 29 heavy (non-hydrogen) atoms. The first kappa shape index (κ1) is 18.5. The number of fused-ring (bicyclic) bond motifs is 1. The van der Waals surface area contributed by atoms with Crippen molar-refractivity contribution in [3.8, 4) is 5.75 Å². The lowest BCUT2D eigenvalue weighted by Gasteiger charge is -2.12. The summed E-state index contributed by atoms with van der Waals surface area (Å²) in [5, 5.41) is 3.27. The Morgan fingerprint density at radius 2 is 1.55 bits per heavy atom. The molecule has 144 valence electrons. The summed E-state index contributed by atoms with van der Waals surface area (Å²) in [6.07, 6.45) is 0. The number of benzene rings is 3. The molecular weight excluding hydrogens is 366 g/mol. The van der Waals surface area contributed by atoms with Gasteiger partial charge in [0.2, 0.25) is 0 Å². The molecule has 5 heteroatoms. The summed E-state index contributed by atoms with van der Waals surface area (Å²) in [6.45, 7) is 0.685. The molecule has 5 nitrogen and oxygen atoms in total. The first-order valence-electron chi connectivity index (χ1n) is 9.26. The van der Waals surface area contributed by atoms with Gasteiger partial charge in [-0.25, -0.2) is 0 Å². The first-order chi connectivity index (χ1) is 14.2. The molecule has 1 aromatic heterocycles. The summed E-state index contributed by atoms with van der Waals surface area (Å²) in [5.41, 5.74) is 2.05. The van der Waals surface area contributed by atoms with Gasteiger partial charge in [-0.3, -0.25) is 9.59 Å². The van der Waals surface area contributed by atoms with Crippen LogP contribution in [0.2, 0.25) is 0 Å². The minimum atomic E-state index is -0.438. The van der Waals surface area contributed by atoms with Crippen molar-refractivity contribution in [1.29, 1.82) is 0 Å². The number of rotatable bonds is 6. The largest absolute Gasteiger partial charge is 0.489 e. The minimum Gasteiger partial charge on any atom is -0.489 e. The second-order valence-electron chi connectivity index (χ2n) is 6.52. The Bertz CT molecular complexity index is 1200. The summed E-state index contributed by atoms with van der Waals surface area (Å²) in [6, 6.07) is 25.4. The van der Waals surface area contributed by atoms with Crippen LogP contribution >= 0.6 is 0 Å². The van der Waals surface area contributed by atoms with E-state index in [1.54, 1.807) is 24.3 Å². The Hall–Kier alpha value is -3.86. The normalized spacial score (nSPS) is 10.6. The standard InChI is InChI=1S/C24H19NO4/c26-21-14-23(29-22-13-7-6-12-20(21)22)24(27)25-15-17-8-4-5-9-18(17)16-28-19-10-2-1-3-11-19/h1-14H,15-16H2,(H,25,27). The molecule has 0 unspecified atom stereocenters. The van der Waals surface area contributed by atoms with E-state index in [2.05, 4.69) is 5.32 Å². The van der Waals surface area contributed by atoms with Crippen molar-refractivity contribution in [2.24, 2.45) is 0 Å². The molecular formula is C24H19NO4. The van der Waals surface area contributed by atoms with Gasteiger partial charge in [0.05, 0.1) is 5.39 Å². The van der Waals surface area contributed by atoms with Crippen LogP contribution in [-0.2, 0) is 13.2 Å². The third kappa shape index (κ3) is 4.35. The minimum absolute atomic E-state index is 0.00767. The maximum atomic E-state index is 12.5. The second kappa shape index (κ2) is 8.44. The highest BCUT2D eigenvalue weighted by molar-refractivity contribution is 5.93. The molecule has 1 amide bonds. The second-order valence-corrected chi connectivity index (χ2v) is 6.52. The fourth-order valence-electron chi connectivity index (χ4n) is 3.03. The molecule has 1 N–H and O–H groups in total. The Balaban J connectivity index is 1.46. The fraction of sp³-hybridized carbons (Fsp3) is 0.0833. The number of para-hydroxylation sites is 2. The van der Waals surface area contributed by atoms with Crippen LogP contribution in [0.3, 0.4) is 0 Å². The zero-order valence-corrected chi connectivity index (χ0v) is 15.6. The van der Waals surface area contributed by atoms with Gasteiger partial charge in [-0.05, 0) is 35.4 Å². The molecule has 0 bridgehead atoms. The van der Waals surface area contributed by atoms with Gasteiger partial charge in [0, 0.05) is 12.6 Å². The molecule has 0 atom stereocenters. The van der Waals surface area contributed by atoms with Crippen LogP contribution in [0.5, 0.6) is 5.75 Å². The number of carbonyl (C=O) groups is 1. The fourth-order valence-corrected chi connectivity index (χ4v) is 3.03. The predicted octanol–water partition coefficient (Wildman–Crippen LogP) is 4.30. The van der Waals surface area contributed by atoms with Gasteiger partial charge in [-0.15, -0.1) is 0 Å². The van der Waals surface area contributed by atoms with Crippen molar-refractivity contribution >= 4 is 16.9 Å². The third-order valence-corrected chi connectivity index (χ3v) is 4.55. The Morgan fingerprint density at radius 3 is 2.38 bits per heavy atom. The smallest absolute Gasteiger partial charge is 0.287 e. The van der Waals surface area contributed by atoms with Gasteiger partial charge in [0.1, 0.15) is 17.9 Å². The molecule has 0 radical (unpaired) electrons. The highest BCUT2D eigenvalue weighted by atomic mass is 16.5. The zero-order valence-electron chi connectivity index (χ0n) is 15.6. The van der Waals surface area contributed by atoms with Gasteiger partial charge in [-0.1, -0.05) is 54.6 Å². The molecule has 0 aliphatic heterocycles. The predicted molar refractivity (Wildman–Crippen MR) is 111 cm³/mol. The number of hydrogen-bond donors (Lipinski definition) is 1. The number of carbonyl (C=O) groups excluding carboxylic acids is 1. The lowest BCUT2D eigenvalue weighted by Crippen LogP contribution is -2.24. The lowest BCUT2D eigenvalue weighted by atomic mass is 10.1.